The number of nitriles is 1. The number of methoxy groups -OCH3 is 1. The van der Waals surface area contributed by atoms with Crippen molar-refractivity contribution in [1.82, 2.24) is 9.97 Å². The molecule has 18 heavy (non-hydrogen) atoms. The third-order valence-corrected chi connectivity index (χ3v) is 2.53. The Kier molecular flexibility index (Phi) is 3.39. The molecule has 0 atom stereocenters. The number of nitrogens with one attached hydrogen (secondary N) is 1. The second-order valence-corrected chi connectivity index (χ2v) is 3.73. The van der Waals surface area contributed by atoms with E-state index >= 15 is 0 Å². The molecule has 1 aromatic carbocycles. The molecule has 2 aromatic rings. The first kappa shape index (κ1) is 11.9. The van der Waals surface area contributed by atoms with Gasteiger partial charge in [-0.1, -0.05) is 6.07 Å². The minimum atomic E-state index is 0.450. The monoisotopic (exact) mass is 241 g/mol. The average molecular weight is 241 g/mol. The molecule has 0 bridgehead atoms. The van der Waals surface area contributed by atoms with Gasteiger partial charge in [0.1, 0.15) is 17.6 Å². The van der Waals surface area contributed by atoms with Gasteiger partial charge in [-0.3, -0.25) is 4.79 Å². The van der Waals surface area contributed by atoms with E-state index in [4.69, 9.17) is 10.00 Å². The van der Waals surface area contributed by atoms with Crippen LogP contribution in [0.3, 0.4) is 0 Å². The first-order valence-corrected chi connectivity index (χ1v) is 5.33. The van der Waals surface area contributed by atoms with E-state index in [0.29, 0.717) is 29.3 Å². The van der Waals surface area contributed by atoms with Crippen LogP contribution < -0.4 is 4.74 Å². The average Bonchev–Trinajstić information content (AvgIpc) is 2.86. The summed E-state index contributed by atoms with van der Waals surface area (Å²) >= 11 is 0. The fourth-order valence-electron chi connectivity index (χ4n) is 1.66. The van der Waals surface area contributed by atoms with E-state index in [0.717, 1.165) is 11.8 Å². The van der Waals surface area contributed by atoms with Gasteiger partial charge in [0.2, 0.25) is 0 Å². The largest absolute Gasteiger partial charge is 0.495 e. The molecule has 0 aliphatic carbocycles. The molecule has 1 heterocycles. The molecule has 0 unspecified atom stereocenters. The number of rotatable bonds is 4. The van der Waals surface area contributed by atoms with Gasteiger partial charge in [-0.2, -0.15) is 5.26 Å². The Balaban J connectivity index is 2.24. The molecule has 0 aliphatic heterocycles. The van der Waals surface area contributed by atoms with E-state index in [1.165, 1.54) is 13.3 Å². The highest BCUT2D eigenvalue weighted by atomic mass is 16.5. The Hall–Kier alpha value is -2.61. The summed E-state index contributed by atoms with van der Waals surface area (Å²) in [6.45, 7) is 0. The van der Waals surface area contributed by atoms with Gasteiger partial charge in [-0.25, -0.2) is 4.98 Å². The van der Waals surface area contributed by atoms with Crippen molar-refractivity contribution < 1.29 is 9.53 Å². The first-order chi connectivity index (χ1) is 8.76. The highest BCUT2D eigenvalue weighted by Gasteiger charge is 2.06. The third kappa shape index (κ3) is 2.38. The van der Waals surface area contributed by atoms with Crippen molar-refractivity contribution in [2.24, 2.45) is 0 Å². The lowest BCUT2D eigenvalue weighted by Gasteiger charge is -2.05. The summed E-state index contributed by atoms with van der Waals surface area (Å²) < 4.78 is 5.13. The van der Waals surface area contributed by atoms with E-state index in [2.05, 4.69) is 16.0 Å². The maximum absolute atomic E-state index is 10.5. The SMILES string of the molecule is COc1cc(Cc2ncc(C=O)[nH]2)ccc1C#N. The van der Waals surface area contributed by atoms with E-state index in [1.807, 2.05) is 6.07 Å². The molecule has 0 radical (unpaired) electrons. The molecular formula is C13H11N3O2. The van der Waals surface area contributed by atoms with Crippen LogP contribution in [0.2, 0.25) is 0 Å². The lowest BCUT2D eigenvalue weighted by molar-refractivity contribution is 0.111. The Morgan fingerprint density at radius 3 is 3.00 bits per heavy atom. The summed E-state index contributed by atoms with van der Waals surface area (Å²) in [6, 6.07) is 7.39. The second kappa shape index (κ2) is 5.15. The number of H-pyrrole nitrogens is 1. The minimum Gasteiger partial charge on any atom is -0.495 e. The molecule has 0 saturated heterocycles. The summed E-state index contributed by atoms with van der Waals surface area (Å²) in [7, 11) is 1.53. The molecule has 5 nitrogen and oxygen atoms in total. The zero-order chi connectivity index (χ0) is 13.0. The molecule has 0 saturated carbocycles. The number of carbonyl (C=O) groups is 1. The van der Waals surface area contributed by atoms with E-state index < -0.39 is 0 Å². The number of aromatic amines is 1. The molecule has 0 aliphatic rings. The standard InChI is InChI=1S/C13H11N3O2/c1-18-12-4-9(2-3-10(12)6-14)5-13-15-7-11(8-17)16-13/h2-4,7-8H,5H2,1H3,(H,15,16). The molecule has 0 spiro atoms. The van der Waals surface area contributed by atoms with Crippen LogP contribution in [0.15, 0.2) is 24.4 Å². The number of hydrogen-bond acceptors (Lipinski definition) is 4. The molecule has 1 N–H and O–H groups in total. The summed E-state index contributed by atoms with van der Waals surface area (Å²) in [5, 5.41) is 8.88. The van der Waals surface area contributed by atoms with Crippen molar-refractivity contribution in [2.45, 2.75) is 6.42 Å². The van der Waals surface area contributed by atoms with Crippen molar-refractivity contribution in [3.63, 3.8) is 0 Å². The summed E-state index contributed by atoms with van der Waals surface area (Å²) in [5.74, 6) is 1.24. The highest BCUT2D eigenvalue weighted by Crippen LogP contribution is 2.20. The van der Waals surface area contributed by atoms with E-state index in [9.17, 15) is 4.79 Å². The number of nitrogens with zero attached hydrogens (tertiary/aromatic N) is 2. The van der Waals surface area contributed by atoms with Gasteiger partial charge < -0.3 is 9.72 Å². The lowest BCUT2D eigenvalue weighted by atomic mass is 10.1. The van der Waals surface area contributed by atoms with E-state index in [-0.39, 0.29) is 0 Å². The van der Waals surface area contributed by atoms with Gasteiger partial charge in [-0.05, 0) is 17.7 Å². The third-order valence-electron chi connectivity index (χ3n) is 2.53. The predicted octanol–water partition coefficient (Wildman–Crippen LogP) is 1.69. The normalized spacial score (nSPS) is 9.78. The van der Waals surface area contributed by atoms with Crippen LogP contribution in [-0.4, -0.2) is 23.4 Å². The van der Waals surface area contributed by atoms with Gasteiger partial charge in [0.25, 0.3) is 0 Å². The minimum absolute atomic E-state index is 0.450. The number of aldehydes is 1. The first-order valence-electron chi connectivity index (χ1n) is 5.33. The molecule has 0 fully saturated rings. The Bertz CT molecular complexity index is 611. The molecule has 90 valence electrons. The smallest absolute Gasteiger partial charge is 0.167 e. The predicted molar refractivity (Wildman–Crippen MR) is 64.5 cm³/mol. The zero-order valence-electron chi connectivity index (χ0n) is 9.80. The maximum atomic E-state index is 10.5. The van der Waals surface area contributed by atoms with Crippen LogP contribution in [0.25, 0.3) is 0 Å². The molecular weight excluding hydrogens is 230 g/mol. The quantitative estimate of drug-likeness (QED) is 0.826. The van der Waals surface area contributed by atoms with Crippen molar-refractivity contribution >= 4 is 6.29 Å². The topological polar surface area (TPSA) is 78.8 Å². The Morgan fingerprint density at radius 1 is 1.56 bits per heavy atom. The fraction of sp³-hybridized carbons (Fsp3) is 0.154. The van der Waals surface area contributed by atoms with Gasteiger partial charge in [0.05, 0.1) is 24.6 Å². The lowest BCUT2D eigenvalue weighted by Crippen LogP contribution is -1.94. The summed E-state index contributed by atoms with van der Waals surface area (Å²) in [5.41, 5.74) is 1.90. The van der Waals surface area contributed by atoms with Crippen LogP contribution in [0.1, 0.15) is 27.4 Å². The van der Waals surface area contributed by atoms with Gasteiger partial charge in [-0.15, -0.1) is 0 Å². The molecule has 5 heteroatoms. The van der Waals surface area contributed by atoms with Crippen molar-refractivity contribution in [1.29, 1.82) is 5.26 Å². The van der Waals surface area contributed by atoms with Crippen molar-refractivity contribution in [3.8, 4) is 11.8 Å². The molecule has 0 amide bonds. The van der Waals surface area contributed by atoms with Crippen LogP contribution in [-0.2, 0) is 6.42 Å². The van der Waals surface area contributed by atoms with Crippen LogP contribution in [0.5, 0.6) is 5.75 Å². The van der Waals surface area contributed by atoms with Crippen molar-refractivity contribution in [3.05, 3.63) is 47.0 Å². The number of ether oxygens (including phenoxy) is 1. The van der Waals surface area contributed by atoms with Crippen molar-refractivity contribution in [2.75, 3.05) is 7.11 Å². The second-order valence-electron chi connectivity index (χ2n) is 3.73. The maximum Gasteiger partial charge on any atom is 0.167 e. The number of aromatic nitrogens is 2. The van der Waals surface area contributed by atoms with Crippen LogP contribution in [0, 0.1) is 11.3 Å². The van der Waals surface area contributed by atoms with Gasteiger partial charge in [0, 0.05) is 6.42 Å². The zero-order valence-corrected chi connectivity index (χ0v) is 9.80. The van der Waals surface area contributed by atoms with Gasteiger partial charge in [0.15, 0.2) is 6.29 Å². The number of benzene rings is 1. The Labute approximate surface area is 104 Å². The Morgan fingerprint density at radius 2 is 2.39 bits per heavy atom. The van der Waals surface area contributed by atoms with Crippen LogP contribution >= 0.6 is 0 Å². The molecule has 1 aromatic heterocycles. The highest BCUT2D eigenvalue weighted by molar-refractivity contribution is 5.71. The van der Waals surface area contributed by atoms with Gasteiger partial charge >= 0.3 is 0 Å². The summed E-state index contributed by atoms with van der Waals surface area (Å²) in [4.78, 5) is 17.5. The number of imidazole rings is 1. The molecule has 2 rings (SSSR count). The number of hydrogen-bond donors (Lipinski definition) is 1. The van der Waals surface area contributed by atoms with E-state index in [1.54, 1.807) is 12.1 Å². The fourth-order valence-corrected chi connectivity index (χ4v) is 1.66. The summed E-state index contributed by atoms with van der Waals surface area (Å²) in [6.07, 6.45) is 2.76. The van der Waals surface area contributed by atoms with Crippen LogP contribution in [0.4, 0.5) is 0 Å². The number of carbonyl (C=O) groups excluding carboxylic acids is 1.